The summed E-state index contributed by atoms with van der Waals surface area (Å²) in [5.41, 5.74) is -1.76. The van der Waals surface area contributed by atoms with Gasteiger partial charge in [-0.05, 0) is 42.3 Å². The third kappa shape index (κ3) is 2.83. The average molecular weight is 391 g/mol. The summed E-state index contributed by atoms with van der Waals surface area (Å²) in [6, 6.07) is 1.68. The maximum atomic E-state index is 14.0. The molecule has 2 fully saturated rings. The first-order valence-electron chi connectivity index (χ1n) is 9.25. The molecule has 1 aromatic carbocycles. The van der Waals surface area contributed by atoms with E-state index in [4.69, 9.17) is 0 Å². The van der Waals surface area contributed by atoms with Crippen LogP contribution in [0.15, 0.2) is 23.0 Å². The van der Waals surface area contributed by atoms with Gasteiger partial charge in [0.2, 0.25) is 0 Å². The Hall–Kier alpha value is -2.91. The molecule has 1 saturated carbocycles. The van der Waals surface area contributed by atoms with Crippen molar-refractivity contribution in [1.29, 1.82) is 0 Å². The zero-order chi connectivity index (χ0) is 20.0. The van der Waals surface area contributed by atoms with Gasteiger partial charge in [0.25, 0.3) is 0 Å². The predicted octanol–water partition coefficient (Wildman–Crippen LogP) is 1.90. The van der Waals surface area contributed by atoms with Crippen molar-refractivity contribution in [2.24, 2.45) is 5.92 Å². The molecule has 8 nitrogen and oxygen atoms in total. The lowest BCUT2D eigenvalue weighted by Crippen LogP contribution is -2.59. The van der Waals surface area contributed by atoms with Crippen LogP contribution < -0.4 is 5.69 Å². The summed E-state index contributed by atoms with van der Waals surface area (Å²) in [7, 11) is 0. The van der Waals surface area contributed by atoms with Crippen molar-refractivity contribution in [2.45, 2.75) is 51.1 Å². The summed E-state index contributed by atoms with van der Waals surface area (Å²) in [5, 5.41) is 7.04. The number of likely N-dealkylation sites (tertiary alicyclic amines) is 1. The fourth-order valence-corrected chi connectivity index (χ4v) is 4.33. The van der Waals surface area contributed by atoms with Gasteiger partial charge in [-0.3, -0.25) is 4.79 Å². The molecule has 2 unspecified atom stereocenters. The molecule has 1 amide bonds. The molecule has 3 atom stereocenters. The largest absolute Gasteiger partial charge is 0.377 e. The SMILES string of the molecule is CC1CC(=O)[C@@H]2CCCCC2N1C(=O)n1nnn(-c2c(F)cccc2F)c1=O. The monoisotopic (exact) mass is 391 g/mol. The van der Waals surface area contributed by atoms with E-state index in [2.05, 4.69) is 10.4 Å². The molecule has 10 heteroatoms. The Kier molecular flexibility index (Phi) is 4.56. The lowest BCUT2D eigenvalue weighted by molar-refractivity contribution is -0.131. The molecule has 2 heterocycles. The van der Waals surface area contributed by atoms with Crippen molar-refractivity contribution in [3.63, 3.8) is 0 Å². The van der Waals surface area contributed by atoms with E-state index in [0.717, 1.165) is 31.0 Å². The molecule has 0 radical (unpaired) electrons. The molecule has 1 aromatic heterocycles. The number of hydrogen-bond acceptors (Lipinski definition) is 5. The topological polar surface area (TPSA) is 90.1 Å². The van der Waals surface area contributed by atoms with Gasteiger partial charge in [0.1, 0.15) is 11.5 Å². The van der Waals surface area contributed by atoms with E-state index in [0.29, 0.717) is 22.2 Å². The van der Waals surface area contributed by atoms with Crippen molar-refractivity contribution in [1.82, 2.24) is 24.7 Å². The molecular formula is C18H19F2N5O3. The van der Waals surface area contributed by atoms with Gasteiger partial charge < -0.3 is 4.90 Å². The molecule has 0 bridgehead atoms. The van der Waals surface area contributed by atoms with Gasteiger partial charge >= 0.3 is 11.7 Å². The Morgan fingerprint density at radius 1 is 1.11 bits per heavy atom. The van der Waals surface area contributed by atoms with E-state index in [9.17, 15) is 23.2 Å². The fourth-order valence-electron chi connectivity index (χ4n) is 4.33. The van der Waals surface area contributed by atoms with Crippen LogP contribution in [0, 0.1) is 17.6 Å². The summed E-state index contributed by atoms with van der Waals surface area (Å²) >= 11 is 0. The summed E-state index contributed by atoms with van der Waals surface area (Å²) in [6.07, 6.45) is 3.38. The number of halogens is 2. The predicted molar refractivity (Wildman–Crippen MR) is 93.0 cm³/mol. The minimum Gasteiger partial charge on any atom is -0.316 e. The number of fused-ring (bicyclic) bond motifs is 1. The number of carbonyl (C=O) groups is 2. The number of hydrogen-bond donors (Lipinski definition) is 0. The highest BCUT2D eigenvalue weighted by molar-refractivity contribution is 5.86. The number of tetrazole rings is 1. The Labute approximate surface area is 158 Å². The smallest absolute Gasteiger partial charge is 0.316 e. The highest BCUT2D eigenvalue weighted by Crippen LogP contribution is 2.36. The zero-order valence-corrected chi connectivity index (χ0v) is 15.2. The fraction of sp³-hybridized carbons (Fsp3) is 0.500. The second-order valence-corrected chi connectivity index (χ2v) is 7.32. The van der Waals surface area contributed by atoms with Crippen LogP contribution in [-0.4, -0.2) is 48.6 Å². The van der Waals surface area contributed by atoms with Gasteiger partial charge in [0, 0.05) is 24.4 Å². The first kappa shape index (κ1) is 18.5. The minimum absolute atomic E-state index is 0.130. The second kappa shape index (κ2) is 6.92. The van der Waals surface area contributed by atoms with E-state index in [-0.39, 0.29) is 24.2 Å². The molecule has 1 aliphatic heterocycles. The Bertz CT molecular complexity index is 981. The second-order valence-electron chi connectivity index (χ2n) is 7.32. The van der Waals surface area contributed by atoms with Crippen LogP contribution in [0.5, 0.6) is 0 Å². The lowest BCUT2D eigenvalue weighted by Gasteiger charge is -2.46. The van der Waals surface area contributed by atoms with Crippen LogP contribution in [0.1, 0.15) is 39.0 Å². The molecule has 2 aromatic rings. The molecule has 148 valence electrons. The molecule has 0 N–H and O–H groups in total. The maximum Gasteiger partial charge on any atom is 0.377 e. The maximum absolute atomic E-state index is 14.0. The van der Waals surface area contributed by atoms with Crippen LogP contribution in [0.3, 0.4) is 0 Å². The van der Waals surface area contributed by atoms with Gasteiger partial charge in [-0.15, -0.1) is 4.68 Å². The van der Waals surface area contributed by atoms with E-state index < -0.39 is 35.1 Å². The number of amides is 1. The summed E-state index contributed by atoms with van der Waals surface area (Å²) in [6.45, 7) is 1.74. The first-order valence-corrected chi connectivity index (χ1v) is 9.25. The van der Waals surface area contributed by atoms with Crippen molar-refractivity contribution >= 4 is 11.8 Å². The van der Waals surface area contributed by atoms with Crippen LogP contribution in [0.25, 0.3) is 5.69 Å². The lowest BCUT2D eigenvalue weighted by atomic mass is 9.76. The van der Waals surface area contributed by atoms with Gasteiger partial charge in [0.15, 0.2) is 11.6 Å². The first-order chi connectivity index (χ1) is 13.4. The third-order valence-electron chi connectivity index (χ3n) is 5.60. The summed E-state index contributed by atoms with van der Waals surface area (Å²) in [4.78, 5) is 39.6. The van der Waals surface area contributed by atoms with Crippen LogP contribution >= 0.6 is 0 Å². The number of aromatic nitrogens is 4. The van der Waals surface area contributed by atoms with E-state index in [1.807, 2.05) is 0 Å². The standard InChI is InChI=1S/C18H19F2N5O3/c1-10-9-15(26)11-5-2-3-8-14(11)23(10)17(27)25-18(28)24(21-22-25)16-12(19)6-4-7-13(16)20/h4,6-7,10-11,14H,2-3,5,8-9H2,1H3/t10?,11-,14?/m1/s1. The number of ketones is 1. The number of piperidine rings is 1. The number of benzene rings is 1. The number of rotatable bonds is 1. The van der Waals surface area contributed by atoms with Gasteiger partial charge in [0.05, 0.1) is 0 Å². The molecule has 28 heavy (non-hydrogen) atoms. The van der Waals surface area contributed by atoms with Crippen LogP contribution in [0.4, 0.5) is 13.6 Å². The Morgan fingerprint density at radius 2 is 1.79 bits per heavy atom. The molecule has 1 saturated heterocycles. The quantitative estimate of drug-likeness (QED) is 0.693. The molecule has 1 aliphatic carbocycles. The third-order valence-corrected chi connectivity index (χ3v) is 5.60. The van der Waals surface area contributed by atoms with E-state index in [1.54, 1.807) is 6.92 Å². The van der Waals surface area contributed by atoms with Crippen molar-refractivity contribution in [2.75, 3.05) is 0 Å². The van der Waals surface area contributed by atoms with Gasteiger partial charge in [-0.25, -0.2) is 18.4 Å². The number of nitrogens with zero attached hydrogens (tertiary/aromatic N) is 5. The van der Waals surface area contributed by atoms with Gasteiger partial charge in [-0.2, -0.15) is 4.68 Å². The molecule has 2 aliphatic rings. The van der Waals surface area contributed by atoms with E-state index in [1.165, 1.54) is 4.90 Å². The minimum atomic E-state index is -1.06. The zero-order valence-electron chi connectivity index (χ0n) is 15.2. The van der Waals surface area contributed by atoms with Crippen molar-refractivity contribution in [3.05, 3.63) is 40.3 Å². The average Bonchev–Trinajstić information content (AvgIpc) is 3.03. The van der Waals surface area contributed by atoms with Gasteiger partial charge in [-0.1, -0.05) is 18.9 Å². The van der Waals surface area contributed by atoms with Crippen molar-refractivity contribution in [3.8, 4) is 5.69 Å². The highest BCUT2D eigenvalue weighted by Gasteiger charge is 2.45. The normalized spacial score (nSPS) is 24.9. The van der Waals surface area contributed by atoms with E-state index >= 15 is 0 Å². The number of para-hydroxylation sites is 1. The highest BCUT2D eigenvalue weighted by atomic mass is 19.1. The number of Topliss-reactive ketones (excluding diaryl/α,β-unsaturated/α-hetero) is 1. The Morgan fingerprint density at radius 3 is 2.50 bits per heavy atom. The molecule has 4 rings (SSSR count). The Balaban J connectivity index is 1.72. The van der Waals surface area contributed by atoms with Crippen molar-refractivity contribution < 1.29 is 18.4 Å². The number of carbonyl (C=O) groups excluding carboxylic acids is 2. The van der Waals surface area contributed by atoms with Crippen LogP contribution in [-0.2, 0) is 4.79 Å². The van der Waals surface area contributed by atoms with Crippen LogP contribution in [0.2, 0.25) is 0 Å². The molecule has 0 spiro atoms. The summed E-state index contributed by atoms with van der Waals surface area (Å²) < 4.78 is 28.9. The summed E-state index contributed by atoms with van der Waals surface area (Å²) in [5.74, 6) is -2.11. The molecular weight excluding hydrogens is 372 g/mol.